The minimum Gasteiger partial charge on any atom is -0.390 e. The molecule has 0 amide bonds. The lowest BCUT2D eigenvalue weighted by Gasteiger charge is -2.32. The predicted octanol–water partition coefficient (Wildman–Crippen LogP) is 2.10. The molecule has 1 aromatic carbocycles. The fourth-order valence-corrected chi connectivity index (χ4v) is 2.41. The Bertz CT molecular complexity index is 334. The van der Waals surface area contributed by atoms with Crippen molar-refractivity contribution in [3.63, 3.8) is 0 Å². The summed E-state index contributed by atoms with van der Waals surface area (Å²) in [5, 5.41) is 13.6. The molecule has 0 aromatic heterocycles. The highest BCUT2D eigenvalue weighted by Gasteiger charge is 2.28. The maximum Gasteiger partial charge on any atom is 0.0716 e. The molecule has 3 nitrogen and oxygen atoms in total. The molecule has 0 spiro atoms. The summed E-state index contributed by atoms with van der Waals surface area (Å²) in [4.78, 5) is 0. The molecule has 100 valence electrons. The van der Waals surface area contributed by atoms with Gasteiger partial charge in [0.1, 0.15) is 0 Å². The summed E-state index contributed by atoms with van der Waals surface area (Å²) >= 11 is 0. The zero-order valence-electron chi connectivity index (χ0n) is 10.9. The minimum absolute atomic E-state index is 0.457. The maximum atomic E-state index is 10.3. The number of ether oxygens (including phenoxy) is 1. The fraction of sp³-hybridized carbons (Fsp3) is 0.600. The molecule has 2 rings (SSSR count). The second-order valence-electron chi connectivity index (χ2n) is 5.12. The zero-order chi connectivity index (χ0) is 12.7. The van der Waals surface area contributed by atoms with Gasteiger partial charge in [0, 0.05) is 6.61 Å². The van der Waals surface area contributed by atoms with E-state index in [4.69, 9.17) is 4.74 Å². The number of rotatable bonds is 6. The Morgan fingerprint density at radius 2 is 1.89 bits per heavy atom. The van der Waals surface area contributed by atoms with Crippen molar-refractivity contribution >= 4 is 0 Å². The van der Waals surface area contributed by atoms with E-state index in [-0.39, 0.29) is 0 Å². The van der Waals surface area contributed by atoms with Crippen molar-refractivity contribution < 1.29 is 9.84 Å². The van der Waals surface area contributed by atoms with Gasteiger partial charge in [0.25, 0.3) is 0 Å². The van der Waals surface area contributed by atoms with E-state index >= 15 is 0 Å². The van der Waals surface area contributed by atoms with Gasteiger partial charge in [-0.05, 0) is 44.3 Å². The average Bonchev–Trinajstić information content (AvgIpc) is 2.40. The van der Waals surface area contributed by atoms with Crippen molar-refractivity contribution in [2.24, 2.45) is 0 Å². The Morgan fingerprint density at radius 3 is 2.61 bits per heavy atom. The van der Waals surface area contributed by atoms with Gasteiger partial charge < -0.3 is 15.2 Å². The highest BCUT2D eigenvalue weighted by atomic mass is 16.5. The lowest BCUT2D eigenvalue weighted by Crippen LogP contribution is -2.41. The molecule has 1 fully saturated rings. The molecule has 1 aromatic rings. The van der Waals surface area contributed by atoms with Crippen molar-refractivity contribution in [1.82, 2.24) is 5.32 Å². The van der Waals surface area contributed by atoms with Crippen LogP contribution in [0.3, 0.4) is 0 Å². The van der Waals surface area contributed by atoms with E-state index in [1.54, 1.807) is 0 Å². The van der Waals surface area contributed by atoms with Crippen LogP contribution in [0.2, 0.25) is 0 Å². The molecule has 1 saturated heterocycles. The van der Waals surface area contributed by atoms with Crippen LogP contribution in [0.5, 0.6) is 0 Å². The molecule has 0 atom stereocenters. The summed E-state index contributed by atoms with van der Waals surface area (Å²) in [6, 6.07) is 10.2. The van der Waals surface area contributed by atoms with Crippen molar-refractivity contribution in [2.45, 2.75) is 37.9 Å². The summed E-state index contributed by atoms with van der Waals surface area (Å²) in [5.74, 6) is 0. The minimum atomic E-state index is -0.457. The Hall–Kier alpha value is -0.900. The fourth-order valence-electron chi connectivity index (χ4n) is 2.41. The average molecular weight is 249 g/mol. The van der Waals surface area contributed by atoms with E-state index in [1.165, 1.54) is 5.56 Å². The molecule has 0 unspecified atom stereocenters. The highest BCUT2D eigenvalue weighted by molar-refractivity contribution is 5.13. The third-order valence-electron chi connectivity index (χ3n) is 3.58. The highest BCUT2D eigenvalue weighted by Crippen LogP contribution is 2.23. The first-order valence-corrected chi connectivity index (χ1v) is 6.83. The lowest BCUT2D eigenvalue weighted by molar-refractivity contribution is -0.00748. The molecule has 0 radical (unpaired) electrons. The monoisotopic (exact) mass is 249 g/mol. The van der Waals surface area contributed by atoms with Crippen molar-refractivity contribution in [3.05, 3.63) is 35.9 Å². The Kier molecular flexibility index (Phi) is 5.17. The van der Waals surface area contributed by atoms with E-state index in [2.05, 4.69) is 17.4 Å². The van der Waals surface area contributed by atoms with Crippen LogP contribution in [-0.4, -0.2) is 30.4 Å². The van der Waals surface area contributed by atoms with E-state index in [0.29, 0.717) is 6.61 Å². The molecule has 18 heavy (non-hydrogen) atoms. The van der Waals surface area contributed by atoms with Crippen LogP contribution in [0.25, 0.3) is 0 Å². The van der Waals surface area contributed by atoms with Crippen molar-refractivity contribution in [1.29, 1.82) is 0 Å². The zero-order valence-corrected chi connectivity index (χ0v) is 10.9. The molecule has 1 aliphatic rings. The molecule has 2 N–H and O–H groups in total. The van der Waals surface area contributed by atoms with Crippen molar-refractivity contribution in [2.75, 3.05) is 19.7 Å². The van der Waals surface area contributed by atoms with Crippen molar-refractivity contribution in [3.8, 4) is 0 Å². The first-order chi connectivity index (χ1) is 8.79. The standard InChI is InChI=1S/C15H23NO2/c17-15(8-10-16-11-9-15)7-4-12-18-13-14-5-2-1-3-6-14/h1-3,5-6,16-17H,4,7-13H2. The second-order valence-corrected chi connectivity index (χ2v) is 5.12. The smallest absolute Gasteiger partial charge is 0.0716 e. The Labute approximate surface area is 109 Å². The predicted molar refractivity (Wildman–Crippen MR) is 72.4 cm³/mol. The van der Waals surface area contributed by atoms with Gasteiger partial charge in [-0.2, -0.15) is 0 Å². The van der Waals surface area contributed by atoms with Crippen LogP contribution < -0.4 is 5.32 Å². The summed E-state index contributed by atoms with van der Waals surface area (Å²) in [6.07, 6.45) is 3.52. The third kappa shape index (κ3) is 4.41. The number of piperidine rings is 1. The quantitative estimate of drug-likeness (QED) is 0.759. The molecule has 0 aliphatic carbocycles. The molecule has 1 heterocycles. The first kappa shape index (κ1) is 13.5. The van der Waals surface area contributed by atoms with E-state index in [0.717, 1.165) is 45.4 Å². The van der Waals surface area contributed by atoms with E-state index in [1.807, 2.05) is 18.2 Å². The lowest BCUT2D eigenvalue weighted by atomic mass is 9.88. The topological polar surface area (TPSA) is 41.5 Å². The van der Waals surface area contributed by atoms with Crippen LogP contribution in [0.1, 0.15) is 31.2 Å². The third-order valence-corrected chi connectivity index (χ3v) is 3.58. The molecule has 1 aliphatic heterocycles. The summed E-state index contributed by atoms with van der Waals surface area (Å²) in [5.41, 5.74) is 0.750. The molecule has 0 bridgehead atoms. The van der Waals surface area contributed by atoms with Crippen LogP contribution in [0, 0.1) is 0 Å². The van der Waals surface area contributed by atoms with Gasteiger partial charge in [0.15, 0.2) is 0 Å². The van der Waals surface area contributed by atoms with Gasteiger partial charge in [-0.1, -0.05) is 30.3 Å². The van der Waals surface area contributed by atoms with Crippen LogP contribution >= 0.6 is 0 Å². The van der Waals surface area contributed by atoms with Gasteiger partial charge in [0.2, 0.25) is 0 Å². The molecular weight excluding hydrogens is 226 g/mol. The van der Waals surface area contributed by atoms with Gasteiger partial charge in [-0.3, -0.25) is 0 Å². The number of hydrogen-bond acceptors (Lipinski definition) is 3. The maximum absolute atomic E-state index is 10.3. The number of nitrogens with one attached hydrogen (secondary N) is 1. The summed E-state index contributed by atoms with van der Waals surface area (Å²) in [7, 11) is 0. The molecule has 0 saturated carbocycles. The van der Waals surface area contributed by atoms with Crippen LogP contribution in [-0.2, 0) is 11.3 Å². The molecule has 3 heteroatoms. The van der Waals surface area contributed by atoms with Gasteiger partial charge in [0.05, 0.1) is 12.2 Å². The van der Waals surface area contributed by atoms with Crippen LogP contribution in [0.4, 0.5) is 0 Å². The largest absolute Gasteiger partial charge is 0.390 e. The Morgan fingerprint density at radius 1 is 1.17 bits per heavy atom. The SMILES string of the molecule is OC1(CCCOCc2ccccc2)CCNCC1. The second kappa shape index (κ2) is 6.88. The van der Waals surface area contributed by atoms with E-state index < -0.39 is 5.60 Å². The normalized spacial score (nSPS) is 18.7. The first-order valence-electron chi connectivity index (χ1n) is 6.83. The molecular formula is C15H23NO2. The van der Waals surface area contributed by atoms with E-state index in [9.17, 15) is 5.11 Å². The van der Waals surface area contributed by atoms with Gasteiger partial charge >= 0.3 is 0 Å². The number of aliphatic hydroxyl groups is 1. The number of benzene rings is 1. The summed E-state index contributed by atoms with van der Waals surface area (Å²) in [6.45, 7) is 3.26. The van der Waals surface area contributed by atoms with Crippen LogP contribution in [0.15, 0.2) is 30.3 Å². The van der Waals surface area contributed by atoms with Gasteiger partial charge in [-0.15, -0.1) is 0 Å². The Balaban J connectivity index is 1.58. The number of hydrogen-bond donors (Lipinski definition) is 2. The summed E-state index contributed by atoms with van der Waals surface area (Å²) < 4.78 is 5.63. The van der Waals surface area contributed by atoms with Gasteiger partial charge in [-0.25, -0.2) is 0 Å².